The second-order valence-electron chi connectivity index (χ2n) is 8.15. The molecule has 0 aliphatic carbocycles. The van der Waals surface area contributed by atoms with Crippen LogP contribution in [0.25, 0.3) is 5.76 Å². The highest BCUT2D eigenvalue weighted by molar-refractivity contribution is 6.46. The van der Waals surface area contributed by atoms with Crippen molar-refractivity contribution in [3.8, 4) is 11.5 Å². The molecule has 0 saturated carbocycles. The van der Waals surface area contributed by atoms with E-state index in [-0.39, 0.29) is 23.0 Å². The Morgan fingerprint density at radius 2 is 1.90 bits per heavy atom. The summed E-state index contributed by atoms with van der Waals surface area (Å²) in [6.07, 6.45) is 0.654. The lowest BCUT2D eigenvalue weighted by molar-refractivity contribution is -0.139. The van der Waals surface area contributed by atoms with Crippen molar-refractivity contribution in [1.82, 2.24) is 4.90 Å². The number of aryl methyl sites for hydroxylation is 1. The van der Waals surface area contributed by atoms with Gasteiger partial charge >= 0.3 is 0 Å². The van der Waals surface area contributed by atoms with Crippen molar-refractivity contribution in [2.45, 2.75) is 46.1 Å². The van der Waals surface area contributed by atoms with Gasteiger partial charge in [0.2, 0.25) is 0 Å². The van der Waals surface area contributed by atoms with E-state index >= 15 is 0 Å². The maximum Gasteiger partial charge on any atom is 0.295 e. The minimum absolute atomic E-state index is 0.0299. The number of rotatable bonds is 6. The predicted molar refractivity (Wildman–Crippen MR) is 119 cm³/mol. The molecule has 1 amide bonds. The number of benzene rings is 2. The van der Waals surface area contributed by atoms with Gasteiger partial charge < -0.3 is 19.8 Å². The normalized spacial score (nSPS) is 18.1. The highest BCUT2D eigenvalue weighted by atomic mass is 16.5. The third kappa shape index (κ3) is 4.02. The SMILES string of the molecule is CCCN1C(=O)C(=O)/C(=C(/O)c2cc(C(C)C)c(OC)cc2C)C1c1cccc(O)c1. The first-order chi connectivity index (χ1) is 14.7. The summed E-state index contributed by atoms with van der Waals surface area (Å²) >= 11 is 0. The van der Waals surface area contributed by atoms with Crippen LogP contribution >= 0.6 is 0 Å². The van der Waals surface area contributed by atoms with Gasteiger partial charge in [-0.1, -0.05) is 32.9 Å². The number of aromatic hydroxyl groups is 1. The number of methoxy groups -OCH3 is 1. The number of hydrogen-bond donors (Lipinski definition) is 2. The first-order valence-electron chi connectivity index (χ1n) is 10.5. The number of Topliss-reactive ketones (excluding diaryl/α,β-unsaturated/α-hetero) is 1. The van der Waals surface area contributed by atoms with Crippen molar-refractivity contribution in [2.75, 3.05) is 13.7 Å². The summed E-state index contributed by atoms with van der Waals surface area (Å²) in [4.78, 5) is 27.3. The lowest BCUT2D eigenvalue weighted by Gasteiger charge is -2.25. The van der Waals surface area contributed by atoms with E-state index in [1.165, 1.54) is 17.0 Å². The monoisotopic (exact) mass is 423 g/mol. The molecule has 6 heteroatoms. The minimum Gasteiger partial charge on any atom is -0.508 e. The Labute approximate surface area is 182 Å². The summed E-state index contributed by atoms with van der Waals surface area (Å²) < 4.78 is 5.48. The van der Waals surface area contributed by atoms with Crippen LogP contribution in [0.2, 0.25) is 0 Å². The first-order valence-corrected chi connectivity index (χ1v) is 10.5. The first kappa shape index (κ1) is 22.4. The lowest BCUT2D eigenvalue weighted by atomic mass is 9.91. The third-order valence-electron chi connectivity index (χ3n) is 5.64. The minimum atomic E-state index is -0.768. The third-order valence-corrected chi connectivity index (χ3v) is 5.64. The number of likely N-dealkylation sites (tertiary alicyclic amines) is 1. The average molecular weight is 424 g/mol. The molecule has 1 aliphatic rings. The molecule has 0 aromatic heterocycles. The molecule has 6 nitrogen and oxygen atoms in total. The van der Waals surface area contributed by atoms with Crippen LogP contribution in [0.4, 0.5) is 0 Å². The van der Waals surface area contributed by atoms with Crippen LogP contribution in [0.3, 0.4) is 0 Å². The molecule has 1 aliphatic heterocycles. The standard InChI is InChI=1S/C25H29NO5/c1-6-10-26-22(16-8-7-9-17(27)12-16)21(24(29)25(26)30)23(28)19-13-18(14(2)3)20(31-5)11-15(19)4/h7-9,11-14,22,27-28H,6,10H2,1-5H3/b23-21+. The van der Waals surface area contributed by atoms with Crippen LogP contribution in [-0.4, -0.2) is 40.5 Å². The maximum absolute atomic E-state index is 13.0. The van der Waals surface area contributed by atoms with Crippen LogP contribution in [0.15, 0.2) is 42.0 Å². The molecule has 2 aromatic rings. The molecule has 0 spiro atoms. The number of hydrogen-bond acceptors (Lipinski definition) is 5. The van der Waals surface area contributed by atoms with Crippen molar-refractivity contribution < 1.29 is 24.5 Å². The van der Waals surface area contributed by atoms with Crippen molar-refractivity contribution in [1.29, 1.82) is 0 Å². The molecule has 2 aromatic carbocycles. The molecule has 1 fully saturated rings. The van der Waals surface area contributed by atoms with Gasteiger partial charge in [0.05, 0.1) is 18.7 Å². The van der Waals surface area contributed by atoms with Gasteiger partial charge in [-0.05, 0) is 60.2 Å². The number of nitrogens with zero attached hydrogens (tertiary/aromatic N) is 1. The van der Waals surface area contributed by atoms with Gasteiger partial charge in [0.25, 0.3) is 11.7 Å². The van der Waals surface area contributed by atoms with E-state index in [1.54, 1.807) is 19.2 Å². The number of aliphatic hydroxyl groups is 1. The van der Waals surface area contributed by atoms with Gasteiger partial charge in [0, 0.05) is 12.1 Å². The number of amides is 1. The van der Waals surface area contributed by atoms with E-state index in [0.29, 0.717) is 29.8 Å². The number of carbonyl (C=O) groups is 2. The molecule has 1 heterocycles. The molecule has 0 bridgehead atoms. The molecular weight excluding hydrogens is 394 g/mol. The van der Waals surface area contributed by atoms with Gasteiger partial charge in [0.15, 0.2) is 0 Å². The number of ketones is 1. The van der Waals surface area contributed by atoms with E-state index in [1.807, 2.05) is 39.8 Å². The van der Waals surface area contributed by atoms with E-state index < -0.39 is 17.7 Å². The number of ether oxygens (including phenoxy) is 1. The quantitative estimate of drug-likeness (QED) is 0.401. The van der Waals surface area contributed by atoms with Crippen LogP contribution in [-0.2, 0) is 9.59 Å². The van der Waals surface area contributed by atoms with Gasteiger partial charge in [-0.3, -0.25) is 9.59 Å². The van der Waals surface area contributed by atoms with E-state index in [9.17, 15) is 19.8 Å². The fourth-order valence-corrected chi connectivity index (χ4v) is 4.12. The smallest absolute Gasteiger partial charge is 0.295 e. The largest absolute Gasteiger partial charge is 0.508 e. The topological polar surface area (TPSA) is 87.1 Å². The summed E-state index contributed by atoms with van der Waals surface area (Å²) in [6.45, 7) is 8.14. The summed E-state index contributed by atoms with van der Waals surface area (Å²) in [6, 6.07) is 9.33. The van der Waals surface area contributed by atoms with Crippen molar-refractivity contribution in [3.63, 3.8) is 0 Å². The van der Waals surface area contributed by atoms with Gasteiger partial charge in [0.1, 0.15) is 17.3 Å². The predicted octanol–water partition coefficient (Wildman–Crippen LogP) is 4.66. The fraction of sp³-hybridized carbons (Fsp3) is 0.360. The van der Waals surface area contributed by atoms with Gasteiger partial charge in [-0.25, -0.2) is 0 Å². The highest BCUT2D eigenvalue weighted by Gasteiger charge is 2.45. The lowest BCUT2D eigenvalue weighted by Crippen LogP contribution is -2.30. The zero-order valence-corrected chi connectivity index (χ0v) is 18.6. The second-order valence-corrected chi connectivity index (χ2v) is 8.15. The molecule has 1 saturated heterocycles. The van der Waals surface area contributed by atoms with Crippen molar-refractivity contribution in [2.24, 2.45) is 0 Å². The van der Waals surface area contributed by atoms with Gasteiger partial charge in [-0.15, -0.1) is 0 Å². The Hall–Kier alpha value is -3.28. The van der Waals surface area contributed by atoms with E-state index in [0.717, 1.165) is 11.1 Å². The Kier molecular flexibility index (Phi) is 6.39. The maximum atomic E-state index is 13.0. The zero-order valence-electron chi connectivity index (χ0n) is 18.6. The summed E-state index contributed by atoms with van der Waals surface area (Å²) in [5, 5.41) is 21.3. The van der Waals surface area contributed by atoms with Crippen LogP contribution in [0.1, 0.15) is 61.4 Å². The Balaban J connectivity index is 2.27. The highest BCUT2D eigenvalue weighted by Crippen LogP contribution is 2.41. The molecule has 0 radical (unpaired) electrons. The molecule has 3 rings (SSSR count). The fourth-order valence-electron chi connectivity index (χ4n) is 4.12. The number of aliphatic hydroxyl groups excluding tert-OH is 1. The van der Waals surface area contributed by atoms with Crippen LogP contribution in [0.5, 0.6) is 11.5 Å². The summed E-state index contributed by atoms with van der Waals surface area (Å²) in [7, 11) is 1.60. The van der Waals surface area contributed by atoms with Crippen LogP contribution in [0, 0.1) is 6.92 Å². The molecule has 2 N–H and O–H groups in total. The molecule has 31 heavy (non-hydrogen) atoms. The zero-order chi connectivity index (χ0) is 22.9. The van der Waals surface area contributed by atoms with Crippen LogP contribution < -0.4 is 4.74 Å². The number of carbonyl (C=O) groups excluding carboxylic acids is 2. The Morgan fingerprint density at radius 3 is 2.48 bits per heavy atom. The second kappa shape index (κ2) is 8.84. The average Bonchev–Trinajstić information content (AvgIpc) is 2.98. The molecule has 1 atom stereocenters. The van der Waals surface area contributed by atoms with Gasteiger partial charge in [-0.2, -0.15) is 0 Å². The van der Waals surface area contributed by atoms with E-state index in [4.69, 9.17) is 4.74 Å². The summed E-state index contributed by atoms with van der Waals surface area (Å²) in [5.74, 6) is -0.714. The molecule has 1 unspecified atom stereocenters. The van der Waals surface area contributed by atoms with Crippen molar-refractivity contribution >= 4 is 17.4 Å². The van der Waals surface area contributed by atoms with Crippen molar-refractivity contribution in [3.05, 3.63) is 64.2 Å². The molecular formula is C25H29NO5. The number of phenols is 1. The summed E-state index contributed by atoms with van der Waals surface area (Å²) in [5.41, 5.74) is 2.72. The Bertz CT molecular complexity index is 1050. The Morgan fingerprint density at radius 1 is 1.19 bits per heavy atom. The number of phenolic OH excluding ortho intramolecular Hbond substituents is 1. The molecule has 164 valence electrons. The van der Waals surface area contributed by atoms with E-state index in [2.05, 4.69) is 0 Å².